The summed E-state index contributed by atoms with van der Waals surface area (Å²) in [5, 5.41) is 26.9. The van der Waals surface area contributed by atoms with Crippen molar-refractivity contribution in [3.05, 3.63) is 29.6 Å². The second kappa shape index (κ2) is 5.83. The van der Waals surface area contributed by atoms with Gasteiger partial charge in [-0.1, -0.05) is 0 Å². The van der Waals surface area contributed by atoms with E-state index in [9.17, 15) is 9.50 Å². The van der Waals surface area contributed by atoms with Crippen LogP contribution in [0.1, 0.15) is 18.6 Å². The number of nitrogens with zero attached hydrogens (tertiary/aromatic N) is 3. The maximum Gasteiger partial charge on any atom is 0.123 e. The Morgan fingerprint density at radius 3 is 2.41 bits per heavy atom. The zero-order chi connectivity index (χ0) is 12.8. The van der Waals surface area contributed by atoms with Crippen molar-refractivity contribution in [2.24, 2.45) is 0 Å². The molecule has 0 saturated heterocycles. The molecular formula is C12H12FN3O. The van der Waals surface area contributed by atoms with Crippen LogP contribution in [0.5, 0.6) is 0 Å². The third kappa shape index (κ3) is 3.17. The minimum atomic E-state index is -0.861. The van der Waals surface area contributed by atoms with E-state index in [1.165, 1.54) is 30.0 Å². The van der Waals surface area contributed by atoms with Gasteiger partial charge >= 0.3 is 0 Å². The first kappa shape index (κ1) is 13.0. The fourth-order valence-corrected chi connectivity index (χ4v) is 1.54. The second-order valence-electron chi connectivity index (χ2n) is 3.55. The Hall–Kier alpha value is -2.11. The molecule has 1 N–H and O–H groups in total. The lowest BCUT2D eigenvalue weighted by atomic mass is 10.1. The summed E-state index contributed by atoms with van der Waals surface area (Å²) < 4.78 is 13.1. The Labute approximate surface area is 99.1 Å². The number of hydrogen-bond donors (Lipinski definition) is 1. The molecule has 1 unspecified atom stereocenters. The average Bonchev–Trinajstić information content (AvgIpc) is 2.28. The van der Waals surface area contributed by atoms with Crippen molar-refractivity contribution in [2.75, 3.05) is 18.0 Å². The van der Waals surface area contributed by atoms with E-state index in [2.05, 4.69) is 0 Å². The van der Waals surface area contributed by atoms with Crippen molar-refractivity contribution in [2.45, 2.75) is 13.0 Å². The molecule has 1 aromatic carbocycles. The van der Waals surface area contributed by atoms with Gasteiger partial charge in [0.05, 0.1) is 18.2 Å². The molecule has 0 saturated carbocycles. The van der Waals surface area contributed by atoms with Crippen LogP contribution in [0.25, 0.3) is 0 Å². The maximum atomic E-state index is 13.1. The molecule has 0 aliphatic carbocycles. The number of rotatable bonds is 4. The van der Waals surface area contributed by atoms with Crippen molar-refractivity contribution in [3.8, 4) is 12.1 Å². The third-order valence-corrected chi connectivity index (χ3v) is 2.30. The largest absolute Gasteiger partial charge is 0.389 e. The molecule has 1 rings (SSSR count). The number of benzene rings is 1. The summed E-state index contributed by atoms with van der Waals surface area (Å²) in [5.41, 5.74) is 0.875. The molecule has 0 aliphatic rings. The Morgan fingerprint density at radius 2 is 1.94 bits per heavy atom. The van der Waals surface area contributed by atoms with Crippen molar-refractivity contribution in [3.63, 3.8) is 0 Å². The molecule has 88 valence electrons. The summed E-state index contributed by atoms with van der Waals surface area (Å²) in [4.78, 5) is 1.49. The fourth-order valence-electron chi connectivity index (χ4n) is 1.54. The van der Waals surface area contributed by atoms with Gasteiger partial charge in [0.25, 0.3) is 0 Å². The highest BCUT2D eigenvalue weighted by Crippen LogP contribution is 2.27. The van der Waals surface area contributed by atoms with E-state index in [1.54, 1.807) is 0 Å². The van der Waals surface area contributed by atoms with Crippen molar-refractivity contribution in [1.82, 2.24) is 0 Å². The van der Waals surface area contributed by atoms with Crippen molar-refractivity contribution in [1.29, 1.82) is 10.5 Å². The third-order valence-electron chi connectivity index (χ3n) is 2.30. The first-order chi connectivity index (χ1) is 8.10. The first-order valence-electron chi connectivity index (χ1n) is 5.06. The van der Waals surface area contributed by atoms with Crippen LogP contribution in [0.15, 0.2) is 18.2 Å². The molecule has 0 radical (unpaired) electrons. The Bertz CT molecular complexity index is 458. The van der Waals surface area contributed by atoms with Crippen molar-refractivity contribution >= 4 is 5.69 Å². The summed E-state index contributed by atoms with van der Waals surface area (Å²) in [5.74, 6) is -0.460. The molecule has 0 amide bonds. The van der Waals surface area contributed by atoms with Crippen LogP contribution in [0.2, 0.25) is 0 Å². The lowest BCUT2D eigenvalue weighted by Gasteiger charge is -2.22. The zero-order valence-corrected chi connectivity index (χ0v) is 9.39. The highest BCUT2D eigenvalue weighted by Gasteiger charge is 2.14. The van der Waals surface area contributed by atoms with E-state index in [4.69, 9.17) is 10.5 Å². The summed E-state index contributed by atoms with van der Waals surface area (Å²) in [7, 11) is 0. The summed E-state index contributed by atoms with van der Waals surface area (Å²) in [6.07, 6.45) is -0.861. The van der Waals surface area contributed by atoms with E-state index < -0.39 is 11.9 Å². The predicted molar refractivity (Wildman–Crippen MR) is 60.5 cm³/mol. The summed E-state index contributed by atoms with van der Waals surface area (Å²) >= 11 is 0. The molecule has 0 fully saturated rings. The molecule has 1 aromatic rings. The van der Waals surface area contributed by atoms with Gasteiger partial charge in [-0.15, -0.1) is 0 Å². The SMILES string of the molecule is CC(O)c1cc(F)ccc1N(CC#N)CC#N. The fraction of sp³-hybridized carbons (Fsp3) is 0.333. The van der Waals surface area contributed by atoms with Gasteiger partial charge in [-0.05, 0) is 25.1 Å². The number of hydrogen-bond acceptors (Lipinski definition) is 4. The Balaban J connectivity index is 3.19. The highest BCUT2D eigenvalue weighted by molar-refractivity contribution is 5.56. The monoisotopic (exact) mass is 233 g/mol. The lowest BCUT2D eigenvalue weighted by Crippen LogP contribution is -2.25. The molecule has 0 aromatic heterocycles. The molecule has 0 aliphatic heterocycles. The molecule has 0 spiro atoms. The quantitative estimate of drug-likeness (QED) is 0.804. The van der Waals surface area contributed by atoms with Gasteiger partial charge in [0.1, 0.15) is 18.9 Å². The standard InChI is InChI=1S/C12H12FN3O/c1-9(17)11-8-10(13)2-3-12(11)16(6-4-14)7-5-15/h2-3,8-9,17H,6-7H2,1H3. The highest BCUT2D eigenvalue weighted by atomic mass is 19.1. The van der Waals surface area contributed by atoms with E-state index in [0.717, 1.165) is 0 Å². The average molecular weight is 233 g/mol. The minimum Gasteiger partial charge on any atom is -0.389 e. The van der Waals surface area contributed by atoms with Gasteiger partial charge in [0, 0.05) is 11.3 Å². The smallest absolute Gasteiger partial charge is 0.123 e. The van der Waals surface area contributed by atoms with Crippen LogP contribution in [0.3, 0.4) is 0 Å². The van der Waals surface area contributed by atoms with Crippen molar-refractivity contribution < 1.29 is 9.50 Å². The van der Waals surface area contributed by atoms with Crippen LogP contribution < -0.4 is 4.90 Å². The van der Waals surface area contributed by atoms with Crippen LogP contribution in [0.4, 0.5) is 10.1 Å². The van der Waals surface area contributed by atoms with E-state index in [1.807, 2.05) is 12.1 Å². The number of nitriles is 2. The normalized spacial score (nSPS) is 11.4. The van der Waals surface area contributed by atoms with E-state index in [0.29, 0.717) is 11.3 Å². The van der Waals surface area contributed by atoms with Crippen LogP contribution in [0, 0.1) is 28.5 Å². The number of aliphatic hydroxyl groups excluding tert-OH is 1. The summed E-state index contributed by atoms with van der Waals surface area (Å²) in [6, 6.07) is 7.78. The van der Waals surface area contributed by atoms with E-state index in [-0.39, 0.29) is 13.1 Å². The number of aliphatic hydroxyl groups is 1. The van der Waals surface area contributed by atoms with Gasteiger partial charge in [0.15, 0.2) is 0 Å². The number of halogens is 1. The lowest BCUT2D eigenvalue weighted by molar-refractivity contribution is 0.199. The summed E-state index contributed by atoms with van der Waals surface area (Å²) in [6.45, 7) is 1.53. The maximum absolute atomic E-state index is 13.1. The minimum absolute atomic E-state index is 0.0128. The van der Waals surface area contributed by atoms with Gasteiger partial charge in [-0.25, -0.2) is 4.39 Å². The molecule has 0 bridgehead atoms. The Morgan fingerprint density at radius 1 is 1.35 bits per heavy atom. The molecule has 17 heavy (non-hydrogen) atoms. The van der Waals surface area contributed by atoms with Crippen LogP contribution >= 0.6 is 0 Å². The predicted octanol–water partition coefficient (Wildman–Crippen LogP) is 1.73. The molecule has 1 atom stereocenters. The zero-order valence-electron chi connectivity index (χ0n) is 9.39. The van der Waals surface area contributed by atoms with E-state index >= 15 is 0 Å². The topological polar surface area (TPSA) is 71.0 Å². The van der Waals surface area contributed by atoms with Gasteiger partial charge < -0.3 is 10.0 Å². The molecule has 0 heterocycles. The van der Waals surface area contributed by atoms with Gasteiger partial charge in [0.2, 0.25) is 0 Å². The molecule has 5 heteroatoms. The van der Waals surface area contributed by atoms with Gasteiger partial charge in [-0.3, -0.25) is 0 Å². The second-order valence-corrected chi connectivity index (χ2v) is 3.55. The van der Waals surface area contributed by atoms with Crippen LogP contribution in [-0.2, 0) is 0 Å². The first-order valence-corrected chi connectivity index (χ1v) is 5.06. The molecule has 4 nitrogen and oxygen atoms in total. The Kier molecular flexibility index (Phi) is 4.45. The number of anilines is 1. The van der Waals surface area contributed by atoms with Crippen LogP contribution in [-0.4, -0.2) is 18.2 Å². The molecular weight excluding hydrogens is 221 g/mol. The van der Waals surface area contributed by atoms with Gasteiger partial charge in [-0.2, -0.15) is 10.5 Å².